The maximum atomic E-state index is 14.5. The third kappa shape index (κ3) is 19.3. The molecule has 12 aromatic rings. The summed E-state index contributed by atoms with van der Waals surface area (Å²) in [5.41, 5.74) is -1.77. The first-order valence-electron chi connectivity index (χ1n) is 31.3. The number of benzene rings is 8. The molecule has 0 amide bonds. The number of rotatable bonds is 19. The second kappa shape index (κ2) is 36.4. The quantitative estimate of drug-likeness (QED) is 0.0329. The first-order chi connectivity index (χ1) is 53.4. The van der Waals surface area contributed by atoms with E-state index in [1.165, 1.54) is 77.1 Å². The Morgan fingerprint density at radius 3 is 1.04 bits per heavy atom. The predicted molar refractivity (Wildman–Crippen MR) is 382 cm³/mol. The Hall–Kier alpha value is -12.1. The smallest absolute Gasteiger partial charge is 0.343 e. The van der Waals surface area contributed by atoms with E-state index in [4.69, 9.17) is 29.6 Å². The molecule has 0 radical (unpaired) electrons. The number of H-pyrrole nitrogens is 1. The van der Waals surface area contributed by atoms with Crippen molar-refractivity contribution in [1.82, 2.24) is 16.9 Å². The van der Waals surface area contributed by atoms with Crippen LogP contribution in [-0.4, -0.2) is 117 Å². The lowest BCUT2D eigenvalue weighted by atomic mass is 10.1. The minimum atomic E-state index is -4.49. The fraction of sp³-hybridized carbons (Fsp3) is 0.0946. The van der Waals surface area contributed by atoms with Gasteiger partial charge in [-0.25, -0.2) is 108 Å². The zero-order valence-electron chi connectivity index (χ0n) is 58.5. The number of nitrogens with zero attached hydrogens (tertiary/aromatic N) is 3. The van der Waals surface area contributed by atoms with Crippen LogP contribution in [-0.2, 0) is 55.2 Å². The highest BCUT2D eigenvalue weighted by Crippen LogP contribution is 2.43. The maximum absolute atomic E-state index is 14.5. The van der Waals surface area contributed by atoms with Crippen LogP contribution in [0.3, 0.4) is 0 Å². The van der Waals surface area contributed by atoms with Crippen molar-refractivity contribution in [3.05, 3.63) is 287 Å². The number of aromatic amines is 1. The van der Waals surface area contributed by atoms with E-state index in [1.54, 1.807) is 0 Å². The number of aliphatic hydroxyl groups is 1. The van der Waals surface area contributed by atoms with E-state index in [2.05, 4.69) is 14.5 Å². The molecule has 0 spiro atoms. The number of carbonyl (C=O) groups excluding carboxylic acids is 3. The van der Waals surface area contributed by atoms with Gasteiger partial charge in [-0.3, -0.25) is 4.79 Å². The van der Waals surface area contributed by atoms with Gasteiger partial charge in [0.2, 0.25) is 0 Å². The summed E-state index contributed by atoms with van der Waals surface area (Å²) in [6.45, 7) is -0.593. The average Bonchev–Trinajstić information content (AvgIpc) is 1.63. The lowest BCUT2D eigenvalue weighted by molar-refractivity contribution is 0.0588. The molecule has 22 nitrogen and oxygen atoms in total. The molecule has 0 aliphatic rings. The number of hydrogen-bond acceptors (Lipinski definition) is 18. The van der Waals surface area contributed by atoms with Crippen LogP contribution in [0.5, 0.6) is 23.0 Å². The Balaban J connectivity index is 0.000000182. The van der Waals surface area contributed by atoms with Crippen LogP contribution in [0.25, 0.3) is 45.0 Å². The summed E-state index contributed by atoms with van der Waals surface area (Å²) in [4.78, 5) is 36.2. The van der Waals surface area contributed by atoms with Crippen LogP contribution in [0.4, 0.5) is 52.7 Å². The van der Waals surface area contributed by atoms with E-state index in [0.29, 0.717) is 36.4 Å². The van der Waals surface area contributed by atoms with Gasteiger partial charge in [-0.1, -0.05) is 24.3 Å². The molecule has 4 heterocycles. The van der Waals surface area contributed by atoms with Gasteiger partial charge in [-0.15, -0.1) is 0 Å². The Morgan fingerprint density at radius 2 is 0.717 bits per heavy atom. The molecule has 0 aliphatic heterocycles. The van der Waals surface area contributed by atoms with Gasteiger partial charge in [0.25, 0.3) is 39.1 Å². The summed E-state index contributed by atoms with van der Waals surface area (Å²) in [6, 6.07) is 27.9. The molecule has 0 saturated carbocycles. The minimum absolute atomic E-state index is 0.0659. The molecular formula is C74H55ClF12N4O18S4. The number of nitrogens with one attached hydrogen (secondary N) is 1. The van der Waals surface area contributed by atoms with Crippen molar-refractivity contribution in [2.45, 2.75) is 26.2 Å². The highest BCUT2D eigenvalue weighted by Gasteiger charge is 2.34. The van der Waals surface area contributed by atoms with E-state index >= 15 is 0 Å². The molecule has 0 bridgehead atoms. The molecule has 0 atom stereocenters. The van der Waals surface area contributed by atoms with E-state index in [0.717, 1.165) is 142 Å². The SMILES string of the molecule is COC(=O)c1c[nH]c(-c2ccc(F)cc2F)c1OC.COC(=O)c1cn(S(=O)(=O)c2cccc(F)c2)c(-c2ccc(F)cc2F)c1OC.COc1c(C=O)cn(S(=O)(=O)c2cccc(F)c2)c1-c1ccc(F)cc1F.COc1c(CO)cn(S(=O)(=O)c2cccc(F)c2)c1-c1ccc(F)cc1F.O=S(=O)(Cl)c1cccc(F)c1. The van der Waals surface area contributed by atoms with Gasteiger partial charge >= 0.3 is 11.9 Å². The molecule has 39 heteroatoms. The number of aldehydes is 1. The van der Waals surface area contributed by atoms with Crippen LogP contribution in [0.15, 0.2) is 214 Å². The van der Waals surface area contributed by atoms with Crippen molar-refractivity contribution >= 4 is 68.0 Å². The molecular weight excluding hydrogens is 1620 g/mol. The topological polar surface area (TPSA) is 294 Å². The van der Waals surface area contributed by atoms with Crippen LogP contribution >= 0.6 is 10.7 Å². The Kier molecular flexibility index (Phi) is 27.8. The van der Waals surface area contributed by atoms with Gasteiger partial charge in [0, 0.05) is 87.6 Å². The summed E-state index contributed by atoms with van der Waals surface area (Å²) < 4.78 is 294. The molecule has 4 aromatic heterocycles. The third-order valence-corrected chi connectivity index (χ3v) is 21.9. The van der Waals surface area contributed by atoms with Crippen LogP contribution in [0.2, 0.25) is 0 Å². The van der Waals surface area contributed by atoms with Crippen LogP contribution in [0, 0.1) is 69.8 Å². The summed E-state index contributed by atoms with van der Waals surface area (Å²) in [7, 11) is -4.94. The summed E-state index contributed by atoms with van der Waals surface area (Å²) in [5.74, 6) is -12.2. The standard InChI is InChI=1S/C19H14F3NO5S.C18H14F3NO4S.C18H12F3NO4S.C13H11F2NO3.C6H4ClFO2S/c1-27-18-15(19(24)28-2)10-23(17(18)14-7-6-12(21)9-16(14)22)29(25,26)13-5-3-4-11(20)8-13;2*1-26-18-11(10-23)9-22(17(18)15-6-5-13(20)8-16(15)21)27(24,25)14-4-2-3-12(19)7-14;1-18-12-9(13(17)19-2)6-16-11(12)8-4-3-7(14)5-10(8)15;7-11(9,10)6-3-1-2-5(8)4-6/h3-10H,1-2H3;2-9,23H,10H2,1H3;2-10H,1H3;3-6,16H,1-2H3;1-4H. The highest BCUT2D eigenvalue weighted by atomic mass is 35.7. The second-order valence-corrected chi connectivity index (χ2v) is 30.5. The highest BCUT2D eigenvalue weighted by molar-refractivity contribution is 8.13. The Morgan fingerprint density at radius 1 is 0.398 bits per heavy atom. The minimum Gasteiger partial charge on any atom is -0.494 e. The van der Waals surface area contributed by atoms with Crippen molar-refractivity contribution < 1.29 is 134 Å². The van der Waals surface area contributed by atoms with E-state index in [9.17, 15) is 106 Å². The first kappa shape index (κ1) is 86.5. The molecule has 12 rings (SSSR count). The maximum Gasteiger partial charge on any atom is 0.343 e. The van der Waals surface area contributed by atoms with Crippen molar-refractivity contribution in [2.24, 2.45) is 0 Å². The van der Waals surface area contributed by atoms with E-state index in [1.807, 2.05) is 0 Å². The fourth-order valence-electron chi connectivity index (χ4n) is 10.5. The number of carbonyl (C=O) groups is 3. The normalized spacial score (nSPS) is 11.3. The zero-order chi connectivity index (χ0) is 83.4. The monoisotopic (exact) mass is 1680 g/mol. The predicted octanol–water partition coefficient (Wildman–Crippen LogP) is 15.1. The fourth-order valence-corrected chi connectivity index (χ4v) is 15.6. The number of hydrogen-bond donors (Lipinski definition) is 2. The number of methoxy groups -OCH3 is 6. The number of aliphatic hydroxyl groups excluding tert-OH is 1. The van der Waals surface area contributed by atoms with Crippen molar-refractivity contribution in [2.75, 3.05) is 42.7 Å². The zero-order valence-corrected chi connectivity index (χ0v) is 62.6. The van der Waals surface area contributed by atoms with Gasteiger partial charge in [-0.2, -0.15) is 0 Å². The number of ether oxygens (including phenoxy) is 6. The lowest BCUT2D eigenvalue weighted by Gasteiger charge is -2.13. The van der Waals surface area contributed by atoms with Gasteiger partial charge in [0.05, 0.1) is 80.1 Å². The Labute approximate surface area is 639 Å². The first-order valence-corrected chi connectivity index (χ1v) is 37.9. The molecule has 113 heavy (non-hydrogen) atoms. The van der Waals surface area contributed by atoms with Crippen molar-refractivity contribution in [3.8, 4) is 68.0 Å². The van der Waals surface area contributed by atoms with E-state index in [-0.39, 0.29) is 100 Å². The van der Waals surface area contributed by atoms with Crippen LogP contribution in [0.1, 0.15) is 36.6 Å². The summed E-state index contributed by atoms with van der Waals surface area (Å²) >= 11 is 0. The average molecular weight is 1680 g/mol. The molecule has 594 valence electrons. The van der Waals surface area contributed by atoms with Gasteiger partial charge < -0.3 is 38.5 Å². The number of aromatic nitrogens is 4. The van der Waals surface area contributed by atoms with Gasteiger partial charge in [0.1, 0.15) is 98.0 Å². The van der Waals surface area contributed by atoms with Crippen LogP contribution < -0.4 is 18.9 Å². The molecule has 0 fully saturated rings. The molecule has 0 unspecified atom stereocenters. The summed E-state index contributed by atoms with van der Waals surface area (Å²) in [6.07, 6.45) is 4.55. The lowest BCUT2D eigenvalue weighted by Crippen LogP contribution is -2.14. The molecule has 0 saturated heterocycles. The van der Waals surface area contributed by atoms with Gasteiger partial charge in [-0.05, 0) is 121 Å². The molecule has 0 aliphatic carbocycles. The molecule has 8 aromatic carbocycles. The van der Waals surface area contributed by atoms with Crippen molar-refractivity contribution in [3.63, 3.8) is 0 Å². The van der Waals surface area contributed by atoms with Gasteiger partial charge in [0.15, 0.2) is 29.3 Å². The summed E-state index contributed by atoms with van der Waals surface area (Å²) in [5, 5.41) is 9.53. The number of esters is 2. The second-order valence-electron chi connectivity index (χ2n) is 22.5. The third-order valence-electron chi connectivity index (χ3n) is 15.5. The van der Waals surface area contributed by atoms with E-state index < -0.39 is 137 Å². The van der Waals surface area contributed by atoms with Crippen molar-refractivity contribution in [1.29, 1.82) is 0 Å². The number of halogens is 13. The largest absolute Gasteiger partial charge is 0.494 e. The molecule has 2 N–H and O–H groups in total. The Bertz CT molecular complexity index is 6080.